The minimum Gasteiger partial charge on any atom is -0.311 e. The predicted molar refractivity (Wildman–Crippen MR) is 89.2 cm³/mol. The molecule has 0 bridgehead atoms. The van der Waals surface area contributed by atoms with E-state index in [2.05, 4.69) is 15.6 Å². The number of amides is 2. The number of imidazole rings is 1. The number of hydrogen-bond donors (Lipinski definition) is 3. The molecule has 2 atom stereocenters. The van der Waals surface area contributed by atoms with Gasteiger partial charge >= 0.3 is 5.69 Å². The highest BCUT2D eigenvalue weighted by atomic mass is 19.3. The average molecular weight is 364 g/mol. The number of carbonyl (C=O) groups is 2. The second-order valence-electron chi connectivity index (χ2n) is 6.79. The summed E-state index contributed by atoms with van der Waals surface area (Å²) in [5.74, 6) is -4.88. The lowest BCUT2D eigenvalue weighted by Crippen LogP contribution is -2.44. The van der Waals surface area contributed by atoms with Gasteiger partial charge in [0, 0.05) is 6.42 Å². The highest BCUT2D eigenvalue weighted by molar-refractivity contribution is 6.00. The molecule has 2 aromatic rings. The molecule has 0 spiro atoms. The number of aromatic amines is 1. The van der Waals surface area contributed by atoms with Gasteiger partial charge in [-0.3, -0.25) is 19.5 Å². The summed E-state index contributed by atoms with van der Waals surface area (Å²) in [6, 6.07) is 4.00. The summed E-state index contributed by atoms with van der Waals surface area (Å²) in [5, 5.41) is 4.91. The van der Waals surface area contributed by atoms with E-state index in [1.807, 2.05) is 0 Å². The molecule has 0 radical (unpaired) electrons. The van der Waals surface area contributed by atoms with Gasteiger partial charge in [0.25, 0.3) is 5.92 Å². The van der Waals surface area contributed by atoms with E-state index in [0.29, 0.717) is 23.1 Å². The second kappa shape index (κ2) is 6.01. The Hall–Kier alpha value is -2.55. The molecule has 2 fully saturated rings. The minimum absolute atomic E-state index is 0.127. The van der Waals surface area contributed by atoms with Crippen LogP contribution in [0, 0.1) is 0 Å². The van der Waals surface area contributed by atoms with Crippen molar-refractivity contribution in [3.63, 3.8) is 0 Å². The van der Waals surface area contributed by atoms with Gasteiger partial charge in [0.2, 0.25) is 11.8 Å². The molecular weight excluding hydrogens is 346 g/mol. The highest BCUT2D eigenvalue weighted by Crippen LogP contribution is 2.40. The molecule has 3 heterocycles. The van der Waals surface area contributed by atoms with E-state index in [4.69, 9.17) is 0 Å². The van der Waals surface area contributed by atoms with Crippen molar-refractivity contribution < 1.29 is 18.4 Å². The van der Waals surface area contributed by atoms with Crippen LogP contribution in [-0.2, 0) is 9.59 Å². The lowest BCUT2D eigenvalue weighted by Gasteiger charge is -2.32. The van der Waals surface area contributed by atoms with Crippen molar-refractivity contribution in [2.75, 3.05) is 13.1 Å². The molecular formula is C17H18F2N4O3. The first kappa shape index (κ1) is 16.9. The van der Waals surface area contributed by atoms with Gasteiger partial charge < -0.3 is 10.3 Å². The van der Waals surface area contributed by atoms with Crippen molar-refractivity contribution in [1.82, 2.24) is 20.2 Å². The van der Waals surface area contributed by atoms with Crippen molar-refractivity contribution in [2.24, 2.45) is 0 Å². The Balaban J connectivity index is 1.83. The number of aromatic nitrogens is 2. The predicted octanol–water partition coefficient (Wildman–Crippen LogP) is 1.02. The number of halogens is 2. The maximum Gasteiger partial charge on any atom is 0.327 e. The van der Waals surface area contributed by atoms with Gasteiger partial charge in [0.05, 0.1) is 23.5 Å². The lowest BCUT2D eigenvalue weighted by atomic mass is 9.86. The van der Waals surface area contributed by atoms with E-state index in [1.165, 1.54) is 4.57 Å². The number of fused-ring (bicyclic) bond motifs is 1. The van der Waals surface area contributed by atoms with Crippen LogP contribution in [0.1, 0.15) is 36.8 Å². The van der Waals surface area contributed by atoms with E-state index >= 15 is 0 Å². The lowest BCUT2D eigenvalue weighted by molar-refractivity contribution is -0.135. The molecule has 9 heteroatoms. The fourth-order valence-electron chi connectivity index (χ4n) is 3.92. The topological polar surface area (TPSA) is 96.0 Å². The van der Waals surface area contributed by atoms with Crippen molar-refractivity contribution in [1.29, 1.82) is 0 Å². The van der Waals surface area contributed by atoms with Crippen LogP contribution in [0.4, 0.5) is 8.78 Å². The number of alkyl halides is 2. The Morgan fingerprint density at radius 1 is 1.15 bits per heavy atom. The van der Waals surface area contributed by atoms with Gasteiger partial charge in [-0.25, -0.2) is 13.6 Å². The first-order valence-corrected chi connectivity index (χ1v) is 8.54. The van der Waals surface area contributed by atoms with Crippen LogP contribution in [-0.4, -0.2) is 40.4 Å². The Kier molecular flexibility index (Phi) is 3.91. The van der Waals surface area contributed by atoms with Crippen molar-refractivity contribution in [3.05, 3.63) is 34.2 Å². The zero-order chi connectivity index (χ0) is 18.5. The third-order valence-corrected chi connectivity index (χ3v) is 5.16. The zero-order valence-corrected chi connectivity index (χ0v) is 13.9. The Labute approximate surface area is 146 Å². The molecule has 2 amide bonds. The quantitative estimate of drug-likeness (QED) is 0.694. The molecule has 0 saturated carbocycles. The fourth-order valence-corrected chi connectivity index (χ4v) is 3.92. The van der Waals surface area contributed by atoms with Crippen LogP contribution >= 0.6 is 0 Å². The van der Waals surface area contributed by atoms with Gasteiger partial charge in [-0.2, -0.15) is 0 Å². The summed E-state index contributed by atoms with van der Waals surface area (Å²) in [6.45, 7) is 0.0564. The smallest absolute Gasteiger partial charge is 0.311 e. The second-order valence-corrected chi connectivity index (χ2v) is 6.79. The number of para-hydroxylation sites is 1. The molecule has 138 valence electrons. The Bertz CT molecular complexity index is 949. The molecule has 3 N–H and O–H groups in total. The van der Waals surface area contributed by atoms with Crippen LogP contribution in [0.5, 0.6) is 0 Å². The molecule has 1 aromatic heterocycles. The largest absolute Gasteiger partial charge is 0.327 e. The van der Waals surface area contributed by atoms with Crippen LogP contribution in [0.25, 0.3) is 11.0 Å². The van der Waals surface area contributed by atoms with E-state index in [9.17, 15) is 23.2 Å². The number of nitrogens with zero attached hydrogens (tertiary/aromatic N) is 1. The number of nitrogens with one attached hydrogen (secondary N) is 3. The van der Waals surface area contributed by atoms with Gasteiger partial charge in [-0.15, -0.1) is 0 Å². The summed E-state index contributed by atoms with van der Waals surface area (Å²) in [7, 11) is 0. The molecule has 1 aromatic carbocycles. The first-order valence-electron chi connectivity index (χ1n) is 8.54. The number of imide groups is 1. The summed E-state index contributed by atoms with van der Waals surface area (Å²) >= 11 is 0. The Morgan fingerprint density at radius 2 is 1.96 bits per heavy atom. The van der Waals surface area contributed by atoms with Gasteiger partial charge in [0.15, 0.2) is 0 Å². The zero-order valence-electron chi connectivity index (χ0n) is 13.9. The number of carbonyl (C=O) groups excluding carboxylic acids is 2. The third-order valence-electron chi connectivity index (χ3n) is 5.16. The summed E-state index contributed by atoms with van der Waals surface area (Å²) < 4.78 is 30.0. The average Bonchev–Trinajstić information content (AvgIpc) is 2.91. The molecule has 2 unspecified atom stereocenters. The molecule has 7 nitrogen and oxygen atoms in total. The number of H-pyrrole nitrogens is 1. The number of piperidine rings is 2. The van der Waals surface area contributed by atoms with Gasteiger partial charge in [-0.05, 0) is 31.0 Å². The van der Waals surface area contributed by atoms with Crippen molar-refractivity contribution >= 4 is 22.8 Å². The van der Waals surface area contributed by atoms with Gasteiger partial charge in [0.1, 0.15) is 6.04 Å². The van der Waals surface area contributed by atoms with E-state index < -0.39 is 36.0 Å². The molecule has 0 aliphatic carbocycles. The highest BCUT2D eigenvalue weighted by Gasteiger charge is 2.43. The van der Waals surface area contributed by atoms with Crippen LogP contribution < -0.4 is 16.3 Å². The number of benzene rings is 1. The third kappa shape index (κ3) is 2.63. The number of rotatable bonds is 2. The van der Waals surface area contributed by atoms with Crippen LogP contribution in [0.2, 0.25) is 0 Å². The molecule has 2 aliphatic rings. The summed E-state index contributed by atoms with van der Waals surface area (Å²) in [6.07, 6.45) is 0.574. The van der Waals surface area contributed by atoms with Gasteiger partial charge in [-0.1, -0.05) is 12.1 Å². The molecule has 4 rings (SSSR count). The summed E-state index contributed by atoms with van der Waals surface area (Å²) in [4.78, 5) is 38.7. The normalized spacial score (nSPS) is 26.1. The van der Waals surface area contributed by atoms with Crippen molar-refractivity contribution in [3.8, 4) is 0 Å². The fraction of sp³-hybridized carbons (Fsp3) is 0.471. The summed E-state index contributed by atoms with van der Waals surface area (Å²) in [5.41, 5.74) is 0.557. The maximum absolute atomic E-state index is 14.4. The van der Waals surface area contributed by atoms with E-state index in [1.54, 1.807) is 18.2 Å². The molecule has 2 saturated heterocycles. The SMILES string of the molecule is O=C1CCC(n2c(=O)[nH]c3c(C4CCNCC4(F)F)cccc32)C(=O)N1. The van der Waals surface area contributed by atoms with Crippen LogP contribution in [0.15, 0.2) is 23.0 Å². The Morgan fingerprint density at radius 3 is 2.69 bits per heavy atom. The van der Waals surface area contributed by atoms with Crippen LogP contribution in [0.3, 0.4) is 0 Å². The van der Waals surface area contributed by atoms with Crippen molar-refractivity contribution in [2.45, 2.75) is 37.1 Å². The number of hydrogen-bond acceptors (Lipinski definition) is 4. The minimum atomic E-state index is -2.93. The maximum atomic E-state index is 14.4. The van der Waals surface area contributed by atoms with E-state index in [0.717, 1.165) is 0 Å². The van der Waals surface area contributed by atoms with E-state index in [-0.39, 0.29) is 25.2 Å². The monoisotopic (exact) mass is 364 g/mol. The molecule has 2 aliphatic heterocycles. The molecule has 26 heavy (non-hydrogen) atoms. The standard InChI is InChI=1S/C17H18F2N4O3/c18-17(19)8-20-7-6-10(17)9-2-1-3-11-14(9)22-16(26)23(11)12-4-5-13(24)21-15(12)25/h1-3,10,12,20H,4-8H2,(H,22,26)(H,21,24,25). The first-order chi connectivity index (χ1) is 12.4.